The molecule has 0 saturated carbocycles. The molecule has 0 aromatic carbocycles. The van der Waals surface area contributed by atoms with Crippen LogP contribution in [0.2, 0.25) is 0 Å². The van der Waals surface area contributed by atoms with E-state index in [1.165, 1.54) is 44.9 Å². The van der Waals surface area contributed by atoms with Crippen molar-refractivity contribution in [1.29, 1.82) is 0 Å². The Labute approximate surface area is 406 Å². The van der Waals surface area contributed by atoms with Crippen LogP contribution in [0.15, 0.2) is 146 Å². The third-order valence-electron chi connectivity index (χ3n) is 10.4. The predicted octanol–water partition coefficient (Wildman–Crippen LogP) is 18.1. The summed E-state index contributed by atoms with van der Waals surface area (Å²) in [4.78, 5) is 25.4. The van der Waals surface area contributed by atoms with Crippen LogP contribution in [0.4, 0.5) is 0 Å². The van der Waals surface area contributed by atoms with E-state index in [4.69, 9.17) is 14.2 Å². The minimum Gasteiger partial charge on any atom is -0.462 e. The van der Waals surface area contributed by atoms with E-state index in [0.717, 1.165) is 122 Å². The molecule has 66 heavy (non-hydrogen) atoms. The monoisotopic (exact) mass is 909 g/mol. The summed E-state index contributed by atoms with van der Waals surface area (Å²) in [5.41, 5.74) is 0. The Morgan fingerprint density at radius 2 is 0.682 bits per heavy atom. The van der Waals surface area contributed by atoms with Gasteiger partial charge in [0.25, 0.3) is 0 Å². The van der Waals surface area contributed by atoms with E-state index in [1.807, 2.05) is 12.2 Å². The van der Waals surface area contributed by atoms with Crippen molar-refractivity contribution in [2.75, 3.05) is 19.8 Å². The zero-order chi connectivity index (χ0) is 47.7. The van der Waals surface area contributed by atoms with Gasteiger partial charge in [0.05, 0.1) is 13.0 Å². The van der Waals surface area contributed by atoms with Crippen molar-refractivity contribution in [2.24, 2.45) is 0 Å². The molecule has 0 fully saturated rings. The first-order chi connectivity index (χ1) is 32.6. The number of unbranched alkanes of at least 4 members (excludes halogenated alkanes) is 12. The number of ether oxygens (including phenoxy) is 3. The number of carbonyl (C=O) groups is 2. The lowest BCUT2D eigenvalue weighted by Gasteiger charge is -2.18. The highest BCUT2D eigenvalue weighted by Gasteiger charge is 2.17. The van der Waals surface area contributed by atoms with Crippen molar-refractivity contribution in [2.45, 2.75) is 207 Å². The summed E-state index contributed by atoms with van der Waals surface area (Å²) in [6.45, 7) is 7.31. The van der Waals surface area contributed by atoms with Gasteiger partial charge in [-0.3, -0.25) is 9.59 Å². The first kappa shape index (κ1) is 61.8. The van der Waals surface area contributed by atoms with Crippen LogP contribution >= 0.6 is 0 Å². The Kier molecular flexibility index (Phi) is 51.6. The van der Waals surface area contributed by atoms with Gasteiger partial charge in [-0.2, -0.15) is 0 Å². The van der Waals surface area contributed by atoms with Crippen molar-refractivity contribution < 1.29 is 23.8 Å². The number of hydrogen-bond donors (Lipinski definition) is 0. The molecule has 0 aromatic rings. The zero-order valence-electron chi connectivity index (χ0n) is 42.4. The fraction of sp³-hybridized carbons (Fsp3) is 0.574. The Morgan fingerprint density at radius 3 is 1.09 bits per heavy atom. The molecule has 0 radical (unpaired) electrons. The molecule has 0 spiro atoms. The highest BCUT2D eigenvalue weighted by molar-refractivity contribution is 5.71. The van der Waals surface area contributed by atoms with Gasteiger partial charge in [-0.15, -0.1) is 0 Å². The van der Waals surface area contributed by atoms with Crippen LogP contribution in [0, 0.1) is 0 Å². The van der Waals surface area contributed by atoms with Crippen molar-refractivity contribution in [3.63, 3.8) is 0 Å². The number of esters is 2. The van der Waals surface area contributed by atoms with Crippen LogP contribution in [0.1, 0.15) is 201 Å². The number of rotatable bonds is 46. The minimum atomic E-state index is -0.616. The second-order valence-corrected chi connectivity index (χ2v) is 16.6. The van der Waals surface area contributed by atoms with Gasteiger partial charge in [-0.05, 0) is 116 Å². The number of hydrogen-bond acceptors (Lipinski definition) is 5. The van der Waals surface area contributed by atoms with Crippen LogP contribution in [-0.4, -0.2) is 37.9 Å². The highest BCUT2D eigenvalue weighted by atomic mass is 16.6. The van der Waals surface area contributed by atoms with Crippen LogP contribution < -0.4 is 0 Å². The van der Waals surface area contributed by atoms with Crippen LogP contribution in [0.25, 0.3) is 0 Å². The van der Waals surface area contributed by atoms with Gasteiger partial charge >= 0.3 is 11.9 Å². The average Bonchev–Trinajstić information content (AvgIpc) is 3.32. The van der Waals surface area contributed by atoms with Gasteiger partial charge < -0.3 is 14.2 Å². The molecule has 5 heteroatoms. The molecule has 0 aliphatic rings. The molecule has 0 amide bonds. The standard InChI is InChI=1S/C61H96O5/c1-4-7-10-13-16-19-22-25-28-30-32-35-38-41-44-47-50-53-56-64-57-59(66-61(63)55-52-49-46-43-40-37-33-27-24-21-18-15-12-9-6-3)58-65-60(62)54-51-48-45-42-39-36-34-31-29-26-23-20-17-14-11-8-5-2/h7-12,16-21,25-29,32-33,35,40,43,49,52,59H,4-6,13-15,22-24,30-31,34,36-39,41-42,44-48,50-51,53-58H2,1-3H3/b10-7-,11-8-,12-9-,19-16-,20-17-,21-18-,28-25-,29-26-,33-27-,35-32-,43-40-,52-49-. The predicted molar refractivity (Wildman–Crippen MR) is 288 cm³/mol. The van der Waals surface area contributed by atoms with Gasteiger partial charge in [0, 0.05) is 13.0 Å². The molecule has 0 aromatic heterocycles. The molecule has 0 aliphatic heterocycles. The summed E-state index contributed by atoms with van der Waals surface area (Å²) >= 11 is 0. The van der Waals surface area contributed by atoms with Gasteiger partial charge in [0.2, 0.25) is 0 Å². The number of allylic oxidation sites excluding steroid dienone is 23. The van der Waals surface area contributed by atoms with Gasteiger partial charge in [-0.25, -0.2) is 0 Å². The van der Waals surface area contributed by atoms with Crippen molar-refractivity contribution in [3.05, 3.63) is 146 Å². The molecule has 0 N–H and O–H groups in total. The summed E-state index contributed by atoms with van der Waals surface area (Å²) in [5.74, 6) is -0.577. The summed E-state index contributed by atoms with van der Waals surface area (Å²) in [5, 5.41) is 0. The fourth-order valence-electron chi connectivity index (χ4n) is 6.59. The third kappa shape index (κ3) is 52.4. The molecule has 0 rings (SSSR count). The summed E-state index contributed by atoms with van der Waals surface area (Å²) in [6.07, 6.45) is 80.3. The largest absolute Gasteiger partial charge is 0.462 e. The fourth-order valence-corrected chi connectivity index (χ4v) is 6.59. The van der Waals surface area contributed by atoms with Crippen LogP contribution in [-0.2, 0) is 23.8 Å². The minimum absolute atomic E-state index is 0.0224. The summed E-state index contributed by atoms with van der Waals surface area (Å²) < 4.78 is 17.3. The molecule has 0 heterocycles. The van der Waals surface area contributed by atoms with E-state index in [9.17, 15) is 9.59 Å². The normalized spacial score (nSPS) is 13.4. The lowest BCUT2D eigenvalue weighted by molar-refractivity contribution is -0.162. The smallest absolute Gasteiger partial charge is 0.310 e. The molecule has 5 nitrogen and oxygen atoms in total. The molecular formula is C61H96O5. The topological polar surface area (TPSA) is 61.8 Å². The zero-order valence-corrected chi connectivity index (χ0v) is 42.4. The first-order valence-corrected chi connectivity index (χ1v) is 26.4. The van der Waals surface area contributed by atoms with E-state index >= 15 is 0 Å². The maximum Gasteiger partial charge on any atom is 0.310 e. The van der Waals surface area contributed by atoms with E-state index < -0.39 is 6.10 Å². The van der Waals surface area contributed by atoms with Gasteiger partial charge in [0.15, 0.2) is 6.10 Å². The van der Waals surface area contributed by atoms with Crippen LogP contribution in [0.3, 0.4) is 0 Å². The maximum atomic E-state index is 12.8. The van der Waals surface area contributed by atoms with E-state index in [0.29, 0.717) is 13.0 Å². The molecule has 1 atom stereocenters. The van der Waals surface area contributed by atoms with E-state index in [-0.39, 0.29) is 31.6 Å². The Hall–Kier alpha value is -4.22. The number of carbonyl (C=O) groups excluding carboxylic acids is 2. The van der Waals surface area contributed by atoms with E-state index in [1.54, 1.807) is 0 Å². The summed E-state index contributed by atoms with van der Waals surface area (Å²) in [6, 6.07) is 0. The van der Waals surface area contributed by atoms with Crippen molar-refractivity contribution in [3.8, 4) is 0 Å². The molecule has 0 saturated heterocycles. The van der Waals surface area contributed by atoms with Crippen molar-refractivity contribution >= 4 is 11.9 Å². The Morgan fingerprint density at radius 1 is 0.348 bits per heavy atom. The Bertz CT molecular complexity index is 1450. The van der Waals surface area contributed by atoms with Crippen molar-refractivity contribution in [1.82, 2.24) is 0 Å². The molecular weight excluding hydrogens is 813 g/mol. The summed E-state index contributed by atoms with van der Waals surface area (Å²) in [7, 11) is 0. The first-order valence-electron chi connectivity index (χ1n) is 26.4. The second kappa shape index (κ2) is 55.1. The molecule has 1 unspecified atom stereocenters. The van der Waals surface area contributed by atoms with Gasteiger partial charge in [0.1, 0.15) is 6.61 Å². The SMILES string of the molecule is CC/C=C\C/C=C\C/C=C\C/C=C\C/C=C\CC(=O)OC(COCCCCCCC/C=C\C/C=C\C/C=C\C/C=C\CC)COC(=O)CCCCCCCCC/C=C\C/C=C\C/C=C\CC. The lowest BCUT2D eigenvalue weighted by atomic mass is 10.1. The third-order valence-corrected chi connectivity index (χ3v) is 10.4. The molecule has 0 aliphatic carbocycles. The molecule has 370 valence electrons. The maximum absolute atomic E-state index is 12.8. The lowest BCUT2D eigenvalue weighted by Crippen LogP contribution is -2.29. The molecule has 0 bridgehead atoms. The Balaban J connectivity index is 4.47. The average molecular weight is 909 g/mol. The van der Waals surface area contributed by atoms with Crippen LogP contribution in [0.5, 0.6) is 0 Å². The quantitative estimate of drug-likeness (QED) is 0.0346. The van der Waals surface area contributed by atoms with E-state index in [2.05, 4.69) is 154 Å². The second-order valence-electron chi connectivity index (χ2n) is 16.6. The van der Waals surface area contributed by atoms with Gasteiger partial charge in [-0.1, -0.05) is 218 Å². The highest BCUT2D eigenvalue weighted by Crippen LogP contribution is 2.12.